The van der Waals surface area contributed by atoms with Gasteiger partial charge in [-0.2, -0.15) is 4.31 Å². The van der Waals surface area contributed by atoms with Crippen molar-refractivity contribution in [1.29, 1.82) is 0 Å². The Morgan fingerprint density at radius 2 is 1.27 bits per heavy atom. The fraction of sp³-hybridized carbons (Fsp3) is 0.304. The lowest BCUT2D eigenvalue weighted by Crippen LogP contribution is -2.51. The lowest BCUT2D eigenvalue weighted by atomic mass is 9.96. The number of piperazine rings is 1. The van der Waals surface area contributed by atoms with Gasteiger partial charge in [0.25, 0.3) is 15.6 Å². The van der Waals surface area contributed by atoms with Gasteiger partial charge < -0.3 is 5.73 Å². The van der Waals surface area contributed by atoms with E-state index in [1.807, 2.05) is 36.4 Å². The van der Waals surface area contributed by atoms with Gasteiger partial charge in [0, 0.05) is 40.3 Å². The maximum absolute atomic E-state index is 13.4. The van der Waals surface area contributed by atoms with Gasteiger partial charge in [-0.25, -0.2) is 13.2 Å². The molecule has 0 unspecified atom stereocenters. The SMILES string of the molecule is Cn1c(N)c(S(=O)(=O)N2CCN(C(c3ccccc3)c3ccccc3)CC2)c(=O)n(C)c1=O. The lowest BCUT2D eigenvalue weighted by Gasteiger charge is -2.39. The molecule has 9 nitrogen and oxygen atoms in total. The predicted molar refractivity (Wildman–Crippen MR) is 126 cm³/mol. The number of benzene rings is 2. The molecule has 0 bridgehead atoms. The van der Waals surface area contributed by atoms with E-state index in [0.717, 1.165) is 20.3 Å². The van der Waals surface area contributed by atoms with Crippen LogP contribution in [0.15, 0.2) is 75.1 Å². The second kappa shape index (κ2) is 8.97. The first-order chi connectivity index (χ1) is 15.7. The van der Waals surface area contributed by atoms with Gasteiger partial charge in [0.1, 0.15) is 5.82 Å². The Hall–Kier alpha value is -3.21. The number of sulfonamides is 1. The summed E-state index contributed by atoms with van der Waals surface area (Å²) in [5.74, 6) is -0.350. The van der Waals surface area contributed by atoms with Crippen molar-refractivity contribution in [3.63, 3.8) is 0 Å². The molecule has 0 amide bonds. The third kappa shape index (κ3) is 4.12. The molecule has 2 heterocycles. The summed E-state index contributed by atoms with van der Waals surface area (Å²) in [6.07, 6.45) is 0. The number of nitrogens with two attached hydrogens (primary N) is 1. The van der Waals surface area contributed by atoms with Crippen molar-refractivity contribution < 1.29 is 8.42 Å². The van der Waals surface area contributed by atoms with Gasteiger partial charge in [0.2, 0.25) is 0 Å². The highest BCUT2D eigenvalue weighted by molar-refractivity contribution is 7.89. The van der Waals surface area contributed by atoms with Crippen LogP contribution >= 0.6 is 0 Å². The average molecular weight is 470 g/mol. The van der Waals surface area contributed by atoms with Crippen LogP contribution in [0.1, 0.15) is 17.2 Å². The summed E-state index contributed by atoms with van der Waals surface area (Å²) in [5, 5.41) is 0. The number of anilines is 1. The molecule has 1 fully saturated rings. The first-order valence-electron chi connectivity index (χ1n) is 10.6. The van der Waals surface area contributed by atoms with E-state index in [1.54, 1.807) is 0 Å². The zero-order valence-corrected chi connectivity index (χ0v) is 19.4. The minimum Gasteiger partial charge on any atom is -0.384 e. The van der Waals surface area contributed by atoms with Gasteiger partial charge in [-0.1, -0.05) is 60.7 Å². The molecule has 1 aliphatic heterocycles. The van der Waals surface area contributed by atoms with Crippen LogP contribution in [0.25, 0.3) is 0 Å². The van der Waals surface area contributed by atoms with Crippen molar-refractivity contribution in [3.8, 4) is 0 Å². The third-order valence-corrected chi connectivity index (χ3v) is 8.08. The maximum Gasteiger partial charge on any atom is 0.332 e. The van der Waals surface area contributed by atoms with Crippen LogP contribution in [0.3, 0.4) is 0 Å². The zero-order valence-electron chi connectivity index (χ0n) is 18.6. The number of nitrogen functional groups attached to an aromatic ring is 1. The van der Waals surface area contributed by atoms with Gasteiger partial charge in [0.05, 0.1) is 6.04 Å². The van der Waals surface area contributed by atoms with Crippen LogP contribution < -0.4 is 17.0 Å². The molecule has 10 heteroatoms. The smallest absolute Gasteiger partial charge is 0.332 e. The molecule has 0 aliphatic carbocycles. The summed E-state index contributed by atoms with van der Waals surface area (Å²) in [5.41, 5.74) is 6.57. The summed E-state index contributed by atoms with van der Waals surface area (Å²) < 4.78 is 29.7. The quantitative estimate of drug-likeness (QED) is 0.591. The van der Waals surface area contributed by atoms with E-state index in [4.69, 9.17) is 5.73 Å². The second-order valence-corrected chi connectivity index (χ2v) is 9.96. The van der Waals surface area contributed by atoms with E-state index in [1.165, 1.54) is 18.4 Å². The monoisotopic (exact) mass is 469 g/mol. The van der Waals surface area contributed by atoms with Gasteiger partial charge in [-0.3, -0.25) is 18.8 Å². The molecule has 174 valence electrons. The summed E-state index contributed by atoms with van der Waals surface area (Å²) in [6.45, 7) is 1.34. The molecule has 2 aromatic carbocycles. The van der Waals surface area contributed by atoms with Crippen LogP contribution in [-0.4, -0.2) is 52.9 Å². The Kier molecular flexibility index (Phi) is 6.24. The minimum atomic E-state index is -4.17. The fourth-order valence-electron chi connectivity index (χ4n) is 4.29. The number of hydrogen-bond acceptors (Lipinski definition) is 6. The highest BCUT2D eigenvalue weighted by Crippen LogP contribution is 2.30. The molecule has 4 rings (SSSR count). The molecular formula is C23H27N5O4S. The predicted octanol–water partition coefficient (Wildman–Crippen LogP) is 0.762. The van der Waals surface area contributed by atoms with Crippen LogP contribution in [0.4, 0.5) is 5.82 Å². The van der Waals surface area contributed by atoms with Crippen molar-refractivity contribution in [2.45, 2.75) is 10.9 Å². The van der Waals surface area contributed by atoms with Crippen LogP contribution in [0.2, 0.25) is 0 Å². The maximum atomic E-state index is 13.4. The highest BCUT2D eigenvalue weighted by Gasteiger charge is 2.36. The molecule has 1 aliphatic rings. The summed E-state index contributed by atoms with van der Waals surface area (Å²) >= 11 is 0. The zero-order chi connectivity index (χ0) is 23.8. The number of rotatable bonds is 5. The average Bonchev–Trinajstić information content (AvgIpc) is 2.83. The molecule has 0 saturated carbocycles. The van der Waals surface area contributed by atoms with Crippen molar-refractivity contribution in [1.82, 2.24) is 18.3 Å². The van der Waals surface area contributed by atoms with Crippen LogP contribution in [-0.2, 0) is 24.1 Å². The lowest BCUT2D eigenvalue weighted by molar-refractivity contribution is 0.155. The van der Waals surface area contributed by atoms with Crippen molar-refractivity contribution in [2.24, 2.45) is 14.1 Å². The molecule has 2 N–H and O–H groups in total. The molecular weight excluding hydrogens is 442 g/mol. The van der Waals surface area contributed by atoms with Gasteiger partial charge >= 0.3 is 5.69 Å². The Balaban J connectivity index is 1.64. The number of nitrogens with zero attached hydrogens (tertiary/aromatic N) is 4. The van der Waals surface area contributed by atoms with E-state index in [2.05, 4.69) is 29.2 Å². The largest absolute Gasteiger partial charge is 0.384 e. The standard InChI is InChI=1S/C23H27N5O4S/c1-25-21(24)20(22(29)26(2)23(25)30)33(31,32)28-15-13-27(14-16-28)19(17-9-5-3-6-10-17)18-11-7-4-8-12-18/h3-12,19H,13-16,24H2,1-2H3. The molecule has 0 radical (unpaired) electrons. The fourth-order valence-corrected chi connectivity index (χ4v) is 5.95. The van der Waals surface area contributed by atoms with E-state index in [0.29, 0.717) is 13.1 Å². The molecule has 0 spiro atoms. The number of aromatic nitrogens is 2. The molecule has 1 aromatic heterocycles. The van der Waals surface area contributed by atoms with Crippen molar-refractivity contribution in [3.05, 3.63) is 92.6 Å². The van der Waals surface area contributed by atoms with Crippen molar-refractivity contribution >= 4 is 15.8 Å². The first kappa shape index (κ1) is 23.0. The highest BCUT2D eigenvalue weighted by atomic mass is 32.2. The van der Waals surface area contributed by atoms with E-state index in [9.17, 15) is 18.0 Å². The summed E-state index contributed by atoms with van der Waals surface area (Å²) in [4.78, 5) is 26.4. The van der Waals surface area contributed by atoms with Gasteiger partial charge in [0.15, 0.2) is 4.90 Å². The molecule has 1 saturated heterocycles. The number of hydrogen-bond donors (Lipinski definition) is 1. The van der Waals surface area contributed by atoms with Crippen molar-refractivity contribution in [2.75, 3.05) is 31.9 Å². The van der Waals surface area contributed by atoms with E-state index < -0.39 is 26.2 Å². The van der Waals surface area contributed by atoms with Gasteiger partial charge in [-0.05, 0) is 11.1 Å². The Bertz CT molecular complexity index is 1320. The van der Waals surface area contributed by atoms with E-state index >= 15 is 0 Å². The van der Waals surface area contributed by atoms with E-state index in [-0.39, 0.29) is 24.9 Å². The summed E-state index contributed by atoms with van der Waals surface area (Å²) in [7, 11) is -1.59. The Morgan fingerprint density at radius 3 is 1.76 bits per heavy atom. The van der Waals surface area contributed by atoms with Crippen LogP contribution in [0.5, 0.6) is 0 Å². The van der Waals surface area contributed by atoms with Crippen LogP contribution in [0, 0.1) is 0 Å². The topological polar surface area (TPSA) is 111 Å². The normalized spacial score (nSPS) is 15.7. The second-order valence-electron chi connectivity index (χ2n) is 8.08. The first-order valence-corrected chi connectivity index (χ1v) is 12.1. The third-order valence-electron chi connectivity index (χ3n) is 6.13. The Labute approximate surface area is 192 Å². The van der Waals surface area contributed by atoms with Gasteiger partial charge in [-0.15, -0.1) is 0 Å². The molecule has 0 atom stereocenters. The molecule has 3 aromatic rings. The molecule has 33 heavy (non-hydrogen) atoms. The Morgan fingerprint density at radius 1 is 0.788 bits per heavy atom. The summed E-state index contributed by atoms with van der Waals surface area (Å²) in [6, 6.07) is 20.1. The minimum absolute atomic E-state index is 0.0206.